The van der Waals surface area contributed by atoms with Crippen LogP contribution < -0.4 is 0 Å². The Labute approximate surface area is 177 Å². The molecule has 0 aliphatic carbocycles. The van der Waals surface area contributed by atoms with Crippen LogP contribution in [-0.2, 0) is 32.2 Å². The van der Waals surface area contributed by atoms with E-state index in [1.165, 1.54) is 6.92 Å². The third-order valence-corrected chi connectivity index (χ3v) is 5.12. The van der Waals surface area contributed by atoms with Gasteiger partial charge >= 0.3 is 12.1 Å². The smallest absolute Gasteiger partial charge is 0.410 e. The Morgan fingerprint density at radius 3 is 2.23 bits per heavy atom. The van der Waals surface area contributed by atoms with Gasteiger partial charge in [-0.05, 0) is 30.9 Å². The zero-order valence-corrected chi connectivity index (χ0v) is 17.5. The van der Waals surface area contributed by atoms with Crippen LogP contribution in [0.25, 0.3) is 0 Å². The summed E-state index contributed by atoms with van der Waals surface area (Å²) in [6, 6.07) is 19.4. The SMILES string of the molecule is CC(=O)OC1CC[C@@H](CN(Cc2ccccc2)C(=O)OCc2ccccc2)OC1C. The summed E-state index contributed by atoms with van der Waals surface area (Å²) >= 11 is 0. The summed E-state index contributed by atoms with van der Waals surface area (Å²) in [5, 5.41) is 0. The van der Waals surface area contributed by atoms with Gasteiger partial charge in [0.15, 0.2) is 0 Å². The molecule has 0 radical (unpaired) electrons. The van der Waals surface area contributed by atoms with E-state index in [9.17, 15) is 9.59 Å². The lowest BCUT2D eigenvalue weighted by molar-refractivity contribution is -0.168. The van der Waals surface area contributed by atoms with Crippen molar-refractivity contribution in [1.82, 2.24) is 4.90 Å². The van der Waals surface area contributed by atoms with Gasteiger partial charge in [0.25, 0.3) is 0 Å². The summed E-state index contributed by atoms with van der Waals surface area (Å²) in [6.45, 7) is 4.38. The molecule has 1 aliphatic rings. The van der Waals surface area contributed by atoms with Gasteiger partial charge in [-0.15, -0.1) is 0 Å². The number of hydrogen-bond donors (Lipinski definition) is 0. The Morgan fingerprint density at radius 2 is 1.63 bits per heavy atom. The Balaban J connectivity index is 1.62. The summed E-state index contributed by atoms with van der Waals surface area (Å²) in [6.07, 6.45) is 0.446. The molecule has 0 bridgehead atoms. The molecular formula is C24H29NO5. The summed E-state index contributed by atoms with van der Waals surface area (Å²) in [5.74, 6) is -0.302. The molecular weight excluding hydrogens is 382 g/mol. The number of nitrogens with zero attached hydrogens (tertiary/aromatic N) is 1. The molecule has 1 fully saturated rings. The fourth-order valence-corrected chi connectivity index (χ4v) is 3.61. The van der Waals surface area contributed by atoms with Crippen LogP contribution in [0.1, 0.15) is 37.8 Å². The van der Waals surface area contributed by atoms with E-state index in [4.69, 9.17) is 14.2 Å². The molecule has 6 heteroatoms. The minimum Gasteiger partial charge on any atom is -0.460 e. The molecule has 3 atom stereocenters. The van der Waals surface area contributed by atoms with Crippen molar-refractivity contribution in [2.75, 3.05) is 6.54 Å². The molecule has 0 aromatic heterocycles. The number of carbonyl (C=O) groups excluding carboxylic acids is 2. The molecule has 6 nitrogen and oxygen atoms in total. The summed E-state index contributed by atoms with van der Waals surface area (Å²) in [7, 11) is 0. The van der Waals surface area contributed by atoms with E-state index in [-0.39, 0.29) is 37.0 Å². The van der Waals surface area contributed by atoms with Gasteiger partial charge in [0.2, 0.25) is 0 Å². The first kappa shape index (κ1) is 21.8. The Morgan fingerprint density at radius 1 is 1.00 bits per heavy atom. The third-order valence-electron chi connectivity index (χ3n) is 5.12. The van der Waals surface area contributed by atoms with E-state index in [2.05, 4.69) is 0 Å². The van der Waals surface area contributed by atoms with Crippen molar-refractivity contribution in [3.8, 4) is 0 Å². The van der Waals surface area contributed by atoms with Crippen LogP contribution in [0.2, 0.25) is 0 Å². The van der Waals surface area contributed by atoms with Crippen molar-refractivity contribution < 1.29 is 23.8 Å². The molecule has 0 saturated carbocycles. The molecule has 2 aromatic rings. The first-order valence-corrected chi connectivity index (χ1v) is 10.3. The highest BCUT2D eigenvalue weighted by molar-refractivity contribution is 5.68. The largest absolute Gasteiger partial charge is 0.460 e. The van der Waals surface area contributed by atoms with E-state index in [1.807, 2.05) is 67.6 Å². The van der Waals surface area contributed by atoms with Gasteiger partial charge in [-0.2, -0.15) is 0 Å². The van der Waals surface area contributed by atoms with Crippen molar-refractivity contribution in [1.29, 1.82) is 0 Å². The number of hydrogen-bond acceptors (Lipinski definition) is 5. The van der Waals surface area contributed by atoms with Crippen LogP contribution in [0.3, 0.4) is 0 Å². The molecule has 1 amide bonds. The Kier molecular flexibility index (Phi) is 7.85. The van der Waals surface area contributed by atoms with Gasteiger partial charge in [0, 0.05) is 13.5 Å². The quantitative estimate of drug-likeness (QED) is 0.635. The highest BCUT2D eigenvalue weighted by Crippen LogP contribution is 2.24. The third kappa shape index (κ3) is 6.59. The van der Waals surface area contributed by atoms with Crippen LogP contribution in [0.15, 0.2) is 60.7 Å². The second-order valence-electron chi connectivity index (χ2n) is 7.59. The molecule has 0 spiro atoms. The standard InChI is InChI=1S/C24H29NO5/c1-18-23(30-19(2)26)14-13-22(29-18)16-25(15-20-9-5-3-6-10-20)24(27)28-17-21-11-7-4-8-12-21/h3-12,18,22-23H,13-17H2,1-2H3/t18?,22-,23?/m0/s1. The first-order valence-electron chi connectivity index (χ1n) is 10.3. The summed E-state index contributed by atoms with van der Waals surface area (Å²) in [5.41, 5.74) is 1.97. The van der Waals surface area contributed by atoms with E-state index in [0.29, 0.717) is 25.9 Å². The van der Waals surface area contributed by atoms with Crippen molar-refractivity contribution in [3.05, 3.63) is 71.8 Å². The monoisotopic (exact) mass is 411 g/mol. The lowest BCUT2D eigenvalue weighted by atomic mass is 10.0. The maximum atomic E-state index is 12.9. The van der Waals surface area contributed by atoms with Crippen molar-refractivity contribution in [2.24, 2.45) is 0 Å². The van der Waals surface area contributed by atoms with Gasteiger partial charge in [-0.25, -0.2) is 4.79 Å². The zero-order valence-electron chi connectivity index (χ0n) is 17.5. The van der Waals surface area contributed by atoms with Crippen molar-refractivity contribution in [2.45, 2.75) is 58.2 Å². The molecule has 1 saturated heterocycles. The number of carbonyl (C=O) groups is 2. The molecule has 1 heterocycles. The first-order chi connectivity index (χ1) is 14.5. The van der Waals surface area contributed by atoms with Gasteiger partial charge in [-0.1, -0.05) is 60.7 Å². The minimum absolute atomic E-state index is 0.139. The molecule has 3 rings (SSSR count). The fourth-order valence-electron chi connectivity index (χ4n) is 3.61. The van der Waals surface area contributed by atoms with Gasteiger partial charge in [0.05, 0.1) is 18.8 Å². The van der Waals surface area contributed by atoms with E-state index < -0.39 is 0 Å². The highest BCUT2D eigenvalue weighted by Gasteiger charge is 2.32. The number of esters is 1. The number of amides is 1. The highest BCUT2D eigenvalue weighted by atomic mass is 16.6. The predicted octanol–water partition coefficient (Wildman–Crippen LogP) is 4.32. The maximum Gasteiger partial charge on any atom is 0.410 e. The van der Waals surface area contributed by atoms with E-state index in [1.54, 1.807) is 4.90 Å². The molecule has 2 aromatic carbocycles. The van der Waals surface area contributed by atoms with Crippen LogP contribution in [0.5, 0.6) is 0 Å². The maximum absolute atomic E-state index is 12.9. The molecule has 1 aliphatic heterocycles. The second kappa shape index (κ2) is 10.8. The molecule has 2 unspecified atom stereocenters. The van der Waals surface area contributed by atoms with Crippen LogP contribution in [-0.4, -0.2) is 41.8 Å². The van der Waals surface area contributed by atoms with Crippen molar-refractivity contribution in [3.63, 3.8) is 0 Å². The molecule has 30 heavy (non-hydrogen) atoms. The zero-order chi connectivity index (χ0) is 21.3. The van der Waals surface area contributed by atoms with Gasteiger partial charge in [0.1, 0.15) is 12.7 Å². The fraction of sp³-hybridized carbons (Fsp3) is 0.417. The average Bonchev–Trinajstić information content (AvgIpc) is 2.75. The summed E-state index contributed by atoms with van der Waals surface area (Å²) < 4.78 is 16.9. The Hall–Kier alpha value is -2.86. The van der Waals surface area contributed by atoms with Gasteiger partial charge < -0.3 is 19.1 Å². The molecule has 0 N–H and O–H groups in total. The Bertz CT molecular complexity index is 811. The van der Waals surface area contributed by atoms with Gasteiger partial charge in [-0.3, -0.25) is 4.79 Å². The topological polar surface area (TPSA) is 65.1 Å². The van der Waals surface area contributed by atoms with E-state index >= 15 is 0 Å². The minimum atomic E-state index is -0.374. The number of benzene rings is 2. The number of ether oxygens (including phenoxy) is 3. The van der Waals surface area contributed by atoms with Crippen molar-refractivity contribution >= 4 is 12.1 Å². The number of rotatable bonds is 7. The normalized spacial score (nSPS) is 20.9. The summed E-state index contributed by atoms with van der Waals surface area (Å²) in [4.78, 5) is 25.8. The van der Waals surface area contributed by atoms with Crippen LogP contribution in [0.4, 0.5) is 4.79 Å². The predicted molar refractivity (Wildman–Crippen MR) is 113 cm³/mol. The van der Waals surface area contributed by atoms with Crippen LogP contribution >= 0.6 is 0 Å². The lowest BCUT2D eigenvalue weighted by Crippen LogP contribution is -2.45. The lowest BCUT2D eigenvalue weighted by Gasteiger charge is -2.36. The van der Waals surface area contributed by atoms with Crippen LogP contribution in [0, 0.1) is 0 Å². The van der Waals surface area contributed by atoms with E-state index in [0.717, 1.165) is 11.1 Å². The molecule has 160 valence electrons. The average molecular weight is 411 g/mol. The second-order valence-corrected chi connectivity index (χ2v) is 7.59.